The van der Waals surface area contributed by atoms with Crippen molar-refractivity contribution in [2.75, 3.05) is 6.54 Å². The number of carbonyl (C=O) groups is 2. The first-order chi connectivity index (χ1) is 15.1. The molecular formula is C26H50N2O3. The number of carbonyl (C=O) groups excluding carboxylic acids is 1. The fraction of sp³-hybridized carbons (Fsp3) is 0.846. The Morgan fingerprint density at radius 3 is 1.74 bits per heavy atom. The van der Waals surface area contributed by atoms with Crippen LogP contribution in [0.5, 0.6) is 0 Å². The number of hydrogen-bond acceptors (Lipinski definition) is 3. The van der Waals surface area contributed by atoms with Crippen molar-refractivity contribution in [3.05, 3.63) is 12.2 Å². The molecule has 0 spiro atoms. The predicted molar refractivity (Wildman–Crippen MR) is 131 cm³/mol. The van der Waals surface area contributed by atoms with E-state index in [1.165, 1.54) is 89.9 Å². The van der Waals surface area contributed by atoms with Crippen molar-refractivity contribution in [3.8, 4) is 0 Å². The first-order valence-electron chi connectivity index (χ1n) is 13.0. The number of hydrogen-bond donors (Lipinski definition) is 3. The average molecular weight is 439 g/mol. The van der Waals surface area contributed by atoms with E-state index in [2.05, 4.69) is 12.2 Å². The molecule has 0 bridgehead atoms. The van der Waals surface area contributed by atoms with Crippen LogP contribution in [0.25, 0.3) is 0 Å². The first-order valence-corrected chi connectivity index (χ1v) is 13.0. The largest absolute Gasteiger partial charge is 0.480 e. The van der Waals surface area contributed by atoms with E-state index < -0.39 is 12.0 Å². The minimum atomic E-state index is -0.967. The van der Waals surface area contributed by atoms with Crippen LogP contribution in [0.3, 0.4) is 0 Å². The Bertz CT molecular complexity index is 452. The second kappa shape index (κ2) is 23.3. The third-order valence-corrected chi connectivity index (χ3v) is 5.80. The standard InChI is InChI=1S/C26H50N2O3/c1-2-3-4-5-6-7-8-9-10-11-12-13-14-15-16-17-18-22-25(29)28-23-20-19-21-24(27)26(30)31/h18,22,24H,2-17,19-21,23,27H2,1H3,(H,28,29)(H,30,31)/b22-18+/t24-/m0/s1. The summed E-state index contributed by atoms with van der Waals surface area (Å²) in [7, 11) is 0. The SMILES string of the molecule is CCCCCCCCCCCCCCCCC/C=C/C(=O)NCCCC[C@H](N)C(=O)O. The Morgan fingerprint density at radius 1 is 0.774 bits per heavy atom. The van der Waals surface area contributed by atoms with Crippen LogP contribution in [0, 0.1) is 0 Å². The van der Waals surface area contributed by atoms with Crippen LogP contribution in [-0.2, 0) is 9.59 Å². The molecule has 5 nitrogen and oxygen atoms in total. The number of nitrogens with two attached hydrogens (primary N) is 1. The van der Waals surface area contributed by atoms with Crippen LogP contribution in [-0.4, -0.2) is 29.6 Å². The average Bonchev–Trinajstić information content (AvgIpc) is 2.75. The maximum atomic E-state index is 11.7. The van der Waals surface area contributed by atoms with Gasteiger partial charge in [0, 0.05) is 6.54 Å². The van der Waals surface area contributed by atoms with Gasteiger partial charge in [-0.15, -0.1) is 0 Å². The number of carboxylic acids is 1. The molecule has 1 amide bonds. The first kappa shape index (κ1) is 29.6. The van der Waals surface area contributed by atoms with E-state index in [0.29, 0.717) is 19.4 Å². The van der Waals surface area contributed by atoms with Crippen LogP contribution < -0.4 is 11.1 Å². The molecule has 0 aliphatic carbocycles. The van der Waals surface area contributed by atoms with Crippen molar-refractivity contribution in [1.82, 2.24) is 5.32 Å². The Hall–Kier alpha value is -1.36. The number of carboxylic acid groups (broad SMARTS) is 1. The second-order valence-electron chi connectivity index (χ2n) is 8.87. The molecule has 0 heterocycles. The van der Waals surface area contributed by atoms with Gasteiger partial charge < -0.3 is 16.2 Å². The van der Waals surface area contributed by atoms with Gasteiger partial charge in [-0.2, -0.15) is 0 Å². The number of aliphatic carboxylic acids is 1. The highest BCUT2D eigenvalue weighted by molar-refractivity contribution is 5.87. The molecule has 0 saturated carbocycles. The number of allylic oxidation sites excluding steroid dienone is 1. The highest BCUT2D eigenvalue weighted by Gasteiger charge is 2.09. The topological polar surface area (TPSA) is 92.4 Å². The van der Waals surface area contributed by atoms with Crippen molar-refractivity contribution >= 4 is 11.9 Å². The normalized spacial score (nSPS) is 12.3. The van der Waals surface area contributed by atoms with Gasteiger partial charge >= 0.3 is 5.97 Å². The molecule has 31 heavy (non-hydrogen) atoms. The van der Waals surface area contributed by atoms with Crippen molar-refractivity contribution < 1.29 is 14.7 Å². The molecule has 182 valence electrons. The van der Waals surface area contributed by atoms with E-state index in [-0.39, 0.29) is 5.91 Å². The number of unbranched alkanes of at least 4 members (excludes halogenated alkanes) is 16. The van der Waals surface area contributed by atoms with Gasteiger partial charge in [0.1, 0.15) is 6.04 Å². The van der Waals surface area contributed by atoms with Gasteiger partial charge in [-0.1, -0.05) is 103 Å². The highest BCUT2D eigenvalue weighted by atomic mass is 16.4. The molecule has 5 heteroatoms. The van der Waals surface area contributed by atoms with E-state index in [0.717, 1.165) is 19.3 Å². The van der Waals surface area contributed by atoms with Gasteiger partial charge in [-0.3, -0.25) is 9.59 Å². The highest BCUT2D eigenvalue weighted by Crippen LogP contribution is 2.13. The summed E-state index contributed by atoms with van der Waals surface area (Å²) in [4.78, 5) is 22.3. The molecule has 0 aliphatic heterocycles. The van der Waals surface area contributed by atoms with Crippen LogP contribution >= 0.6 is 0 Å². The monoisotopic (exact) mass is 438 g/mol. The maximum absolute atomic E-state index is 11.7. The van der Waals surface area contributed by atoms with Crippen LogP contribution in [0.1, 0.15) is 129 Å². The zero-order valence-electron chi connectivity index (χ0n) is 20.2. The summed E-state index contributed by atoms with van der Waals surface area (Å²) in [6.07, 6.45) is 26.9. The van der Waals surface area contributed by atoms with Gasteiger partial charge in [-0.25, -0.2) is 0 Å². The summed E-state index contributed by atoms with van der Waals surface area (Å²) in [6, 6.07) is -0.800. The maximum Gasteiger partial charge on any atom is 0.320 e. The van der Waals surface area contributed by atoms with Gasteiger partial charge in [0.25, 0.3) is 0 Å². The van der Waals surface area contributed by atoms with Crippen LogP contribution in [0.2, 0.25) is 0 Å². The number of rotatable bonds is 23. The molecule has 4 N–H and O–H groups in total. The summed E-state index contributed by atoms with van der Waals surface area (Å²) in [6.45, 7) is 2.84. The smallest absolute Gasteiger partial charge is 0.320 e. The van der Waals surface area contributed by atoms with Crippen molar-refractivity contribution in [2.45, 2.75) is 135 Å². The van der Waals surface area contributed by atoms with E-state index in [1.54, 1.807) is 6.08 Å². The van der Waals surface area contributed by atoms with E-state index >= 15 is 0 Å². The lowest BCUT2D eigenvalue weighted by atomic mass is 10.0. The van der Waals surface area contributed by atoms with Crippen molar-refractivity contribution in [3.63, 3.8) is 0 Å². The summed E-state index contributed by atoms with van der Waals surface area (Å²) in [5, 5.41) is 11.5. The van der Waals surface area contributed by atoms with E-state index in [9.17, 15) is 9.59 Å². The van der Waals surface area contributed by atoms with Crippen LogP contribution in [0.15, 0.2) is 12.2 Å². The fourth-order valence-electron chi connectivity index (χ4n) is 3.71. The molecule has 0 fully saturated rings. The second-order valence-corrected chi connectivity index (χ2v) is 8.87. The predicted octanol–water partition coefficient (Wildman–Crippen LogP) is 6.50. The molecule has 0 saturated heterocycles. The Kier molecular flexibility index (Phi) is 22.3. The quantitative estimate of drug-likeness (QED) is 0.125. The zero-order valence-corrected chi connectivity index (χ0v) is 20.2. The lowest BCUT2D eigenvalue weighted by Crippen LogP contribution is -2.30. The molecule has 0 unspecified atom stereocenters. The van der Waals surface area contributed by atoms with Gasteiger partial charge in [0.05, 0.1) is 0 Å². The summed E-state index contributed by atoms with van der Waals surface area (Å²) in [5.74, 6) is -1.03. The minimum Gasteiger partial charge on any atom is -0.480 e. The molecule has 0 aliphatic rings. The van der Waals surface area contributed by atoms with E-state index in [1.807, 2.05) is 6.08 Å². The van der Waals surface area contributed by atoms with Gasteiger partial charge in [0.15, 0.2) is 0 Å². The lowest BCUT2D eigenvalue weighted by Gasteiger charge is -2.06. The lowest BCUT2D eigenvalue weighted by molar-refractivity contribution is -0.138. The van der Waals surface area contributed by atoms with Crippen molar-refractivity contribution in [2.24, 2.45) is 5.73 Å². The Balaban J connectivity index is 3.28. The number of nitrogens with one attached hydrogen (secondary N) is 1. The minimum absolute atomic E-state index is 0.0662. The van der Waals surface area contributed by atoms with Gasteiger partial charge in [-0.05, 0) is 38.2 Å². The summed E-state index contributed by atoms with van der Waals surface area (Å²) < 4.78 is 0. The Labute approximate surface area is 191 Å². The molecule has 1 atom stereocenters. The third-order valence-electron chi connectivity index (χ3n) is 5.80. The van der Waals surface area contributed by atoms with E-state index in [4.69, 9.17) is 10.8 Å². The molecule has 0 aromatic carbocycles. The zero-order chi connectivity index (χ0) is 23.0. The molecule has 0 aromatic rings. The summed E-state index contributed by atoms with van der Waals surface area (Å²) in [5.41, 5.74) is 5.44. The third kappa shape index (κ3) is 23.1. The Morgan fingerprint density at radius 2 is 1.26 bits per heavy atom. The number of amides is 1. The van der Waals surface area contributed by atoms with Crippen molar-refractivity contribution in [1.29, 1.82) is 0 Å². The molecular weight excluding hydrogens is 388 g/mol. The van der Waals surface area contributed by atoms with Crippen LogP contribution in [0.4, 0.5) is 0 Å². The van der Waals surface area contributed by atoms with Gasteiger partial charge in [0.2, 0.25) is 5.91 Å². The fourth-order valence-corrected chi connectivity index (χ4v) is 3.71. The molecule has 0 radical (unpaired) electrons. The molecule has 0 aromatic heterocycles. The molecule has 0 rings (SSSR count). The summed E-state index contributed by atoms with van der Waals surface area (Å²) >= 11 is 0.